The molecule has 8 nitrogen and oxygen atoms in total. The smallest absolute Gasteiger partial charge is 0.261 e. The molecule has 2 N–H and O–H groups in total. The van der Waals surface area contributed by atoms with E-state index in [1.807, 2.05) is 6.07 Å². The number of amides is 1. The number of rotatable bonds is 12. The molecule has 0 aliphatic heterocycles. The van der Waals surface area contributed by atoms with Crippen molar-refractivity contribution in [3.8, 4) is 22.9 Å². The Balaban J connectivity index is 2.02. The van der Waals surface area contributed by atoms with Crippen molar-refractivity contribution in [3.05, 3.63) is 86.5 Å². The first-order chi connectivity index (χ1) is 18.5. The molecule has 3 rings (SSSR count). The molecule has 1 heterocycles. The number of carbonyl (C=O) groups excluding carboxylic acids is 2. The molecule has 0 radical (unpaired) electrons. The third-order valence-corrected chi connectivity index (χ3v) is 6.06. The first kappa shape index (κ1) is 29.4. The predicted octanol–water partition coefficient (Wildman–Crippen LogP) is 4.31. The van der Waals surface area contributed by atoms with Gasteiger partial charge in [0.15, 0.2) is 5.78 Å². The Morgan fingerprint density at radius 3 is 2.51 bits per heavy atom. The van der Waals surface area contributed by atoms with Crippen LogP contribution >= 0.6 is 11.6 Å². The molecule has 0 aliphatic carbocycles. The highest BCUT2D eigenvalue weighted by atomic mass is 35.5. The minimum Gasteiger partial charge on any atom is -0.495 e. The molecule has 0 saturated heterocycles. The van der Waals surface area contributed by atoms with E-state index in [4.69, 9.17) is 26.8 Å². The van der Waals surface area contributed by atoms with E-state index in [-0.39, 0.29) is 47.5 Å². The van der Waals surface area contributed by atoms with Gasteiger partial charge in [-0.2, -0.15) is 5.26 Å². The molecule has 12 heteroatoms. The number of nitrogens with two attached hydrogens (primary N) is 1. The standard InChI is InChI=1S/C27H23ClF3N3O5/c1-38-24-13-34(26(36)11-20(24)19-10-17(28)4-3-16(19)12-32)22(6-7-39-14-25(30)31)23(35)9-15-2-5-18(27(33)37)21(29)8-15/h2-5,8,10-11,13,22,25H,6-7,9,14H2,1H3,(H2,33,37). The van der Waals surface area contributed by atoms with Gasteiger partial charge < -0.3 is 19.8 Å². The molecule has 0 bridgehead atoms. The van der Waals surface area contributed by atoms with Crippen molar-refractivity contribution in [2.45, 2.75) is 25.3 Å². The van der Waals surface area contributed by atoms with Gasteiger partial charge in [-0.1, -0.05) is 17.7 Å². The van der Waals surface area contributed by atoms with Crippen molar-refractivity contribution in [3.63, 3.8) is 0 Å². The number of Topliss-reactive ketones (excluding diaryl/α,β-unsaturated/α-hetero) is 1. The average Bonchev–Trinajstić information content (AvgIpc) is 2.88. The number of halogens is 4. The molecule has 0 fully saturated rings. The molecule has 0 saturated carbocycles. The van der Waals surface area contributed by atoms with Gasteiger partial charge in [0.2, 0.25) is 0 Å². The molecule has 1 unspecified atom stereocenters. The zero-order valence-electron chi connectivity index (χ0n) is 20.6. The zero-order valence-corrected chi connectivity index (χ0v) is 21.4. The summed E-state index contributed by atoms with van der Waals surface area (Å²) in [5, 5.41) is 9.82. The van der Waals surface area contributed by atoms with Gasteiger partial charge in [-0.3, -0.25) is 14.4 Å². The minimum atomic E-state index is -2.72. The lowest BCUT2D eigenvalue weighted by Gasteiger charge is -2.21. The van der Waals surface area contributed by atoms with Crippen molar-refractivity contribution in [2.24, 2.45) is 5.73 Å². The van der Waals surface area contributed by atoms with E-state index in [0.29, 0.717) is 10.6 Å². The highest BCUT2D eigenvalue weighted by Crippen LogP contribution is 2.33. The molecule has 3 aromatic rings. The molecule has 204 valence electrons. The summed E-state index contributed by atoms with van der Waals surface area (Å²) in [6.07, 6.45) is -1.96. The van der Waals surface area contributed by atoms with Crippen molar-refractivity contribution in [1.82, 2.24) is 4.57 Å². The van der Waals surface area contributed by atoms with E-state index in [9.17, 15) is 32.8 Å². The Morgan fingerprint density at radius 2 is 1.90 bits per heavy atom. The first-order valence-electron chi connectivity index (χ1n) is 11.5. The number of carbonyl (C=O) groups is 2. The Bertz CT molecular complexity index is 1490. The third-order valence-electron chi connectivity index (χ3n) is 5.82. The molecular formula is C27H23ClF3N3O5. The van der Waals surface area contributed by atoms with Crippen molar-refractivity contribution in [1.29, 1.82) is 5.26 Å². The summed E-state index contributed by atoms with van der Waals surface area (Å²) in [6.45, 7) is -1.14. The fraction of sp³-hybridized carbons (Fsp3) is 0.259. The number of hydrogen-bond acceptors (Lipinski definition) is 6. The monoisotopic (exact) mass is 561 g/mol. The number of nitriles is 1. The van der Waals surface area contributed by atoms with Crippen molar-refractivity contribution >= 4 is 23.3 Å². The van der Waals surface area contributed by atoms with Gasteiger partial charge in [0.25, 0.3) is 17.9 Å². The first-order valence-corrected chi connectivity index (χ1v) is 11.9. The molecule has 0 spiro atoms. The summed E-state index contributed by atoms with van der Waals surface area (Å²) in [4.78, 5) is 37.9. The maximum absolute atomic E-state index is 14.3. The van der Waals surface area contributed by atoms with E-state index in [1.54, 1.807) is 0 Å². The minimum absolute atomic E-state index is 0.136. The van der Waals surface area contributed by atoms with E-state index < -0.39 is 42.1 Å². The van der Waals surface area contributed by atoms with Crippen molar-refractivity contribution in [2.75, 3.05) is 20.3 Å². The van der Waals surface area contributed by atoms with E-state index in [2.05, 4.69) is 0 Å². The number of ketones is 1. The van der Waals surface area contributed by atoms with Crippen LogP contribution < -0.4 is 16.0 Å². The second-order valence-electron chi connectivity index (χ2n) is 8.39. The van der Waals surface area contributed by atoms with Crippen LogP contribution in [0.15, 0.2) is 53.5 Å². The molecular weight excluding hydrogens is 539 g/mol. The lowest BCUT2D eigenvalue weighted by atomic mass is 9.98. The van der Waals surface area contributed by atoms with Gasteiger partial charge in [-0.05, 0) is 42.3 Å². The van der Waals surface area contributed by atoms with Crippen LogP contribution in [0, 0.1) is 17.1 Å². The van der Waals surface area contributed by atoms with Crippen LogP contribution in [0.3, 0.4) is 0 Å². The Labute approximate surface area is 226 Å². The summed E-state index contributed by atoms with van der Waals surface area (Å²) >= 11 is 6.09. The van der Waals surface area contributed by atoms with Crippen LogP contribution in [0.5, 0.6) is 5.75 Å². The fourth-order valence-electron chi connectivity index (χ4n) is 3.99. The van der Waals surface area contributed by atoms with E-state index in [1.165, 1.54) is 43.6 Å². The molecule has 2 aromatic carbocycles. The molecule has 0 aliphatic rings. The lowest BCUT2D eigenvalue weighted by molar-refractivity contribution is -0.122. The maximum atomic E-state index is 14.3. The lowest BCUT2D eigenvalue weighted by Crippen LogP contribution is -2.31. The van der Waals surface area contributed by atoms with E-state index >= 15 is 0 Å². The van der Waals surface area contributed by atoms with Crippen LogP contribution in [0.2, 0.25) is 5.02 Å². The van der Waals surface area contributed by atoms with Gasteiger partial charge in [0.05, 0.1) is 36.5 Å². The largest absolute Gasteiger partial charge is 0.495 e. The van der Waals surface area contributed by atoms with Gasteiger partial charge in [-0.25, -0.2) is 13.2 Å². The maximum Gasteiger partial charge on any atom is 0.261 e. The van der Waals surface area contributed by atoms with Gasteiger partial charge in [0, 0.05) is 35.2 Å². The Hall–Kier alpha value is -4.14. The predicted molar refractivity (Wildman–Crippen MR) is 137 cm³/mol. The number of primary amides is 1. The summed E-state index contributed by atoms with van der Waals surface area (Å²) in [5.41, 5.74) is 5.13. The molecule has 1 amide bonds. The topological polar surface area (TPSA) is 124 Å². The highest BCUT2D eigenvalue weighted by molar-refractivity contribution is 6.31. The second kappa shape index (κ2) is 13.1. The van der Waals surface area contributed by atoms with Crippen molar-refractivity contribution < 1.29 is 32.2 Å². The van der Waals surface area contributed by atoms with Crippen LogP contribution in [0.25, 0.3) is 11.1 Å². The van der Waals surface area contributed by atoms with Gasteiger partial charge >= 0.3 is 0 Å². The quantitative estimate of drug-likeness (QED) is 0.329. The van der Waals surface area contributed by atoms with Gasteiger partial charge in [0.1, 0.15) is 18.2 Å². The Kier molecular flexibility index (Phi) is 9.87. The summed E-state index contributed by atoms with van der Waals surface area (Å²) in [7, 11) is 1.33. The van der Waals surface area contributed by atoms with Gasteiger partial charge in [-0.15, -0.1) is 0 Å². The SMILES string of the molecule is COc1cn(C(CCOCC(F)F)C(=O)Cc2ccc(C(N)=O)c(F)c2)c(=O)cc1-c1cc(Cl)ccc1C#N. The number of methoxy groups -OCH3 is 1. The Morgan fingerprint density at radius 1 is 1.15 bits per heavy atom. The normalized spacial score (nSPS) is 11.7. The summed E-state index contributed by atoms with van der Waals surface area (Å²) in [5.74, 6) is -2.31. The molecule has 1 atom stereocenters. The molecule has 39 heavy (non-hydrogen) atoms. The van der Waals surface area contributed by atoms with Crippen LogP contribution in [-0.4, -0.2) is 43.0 Å². The third kappa shape index (κ3) is 7.25. The van der Waals surface area contributed by atoms with Crippen LogP contribution in [0.1, 0.15) is 33.9 Å². The fourth-order valence-corrected chi connectivity index (χ4v) is 4.16. The number of alkyl halides is 2. The average molecular weight is 562 g/mol. The molecule has 1 aromatic heterocycles. The number of pyridine rings is 1. The van der Waals surface area contributed by atoms with Crippen LogP contribution in [0.4, 0.5) is 13.2 Å². The number of benzene rings is 2. The second-order valence-corrected chi connectivity index (χ2v) is 8.83. The number of ether oxygens (including phenoxy) is 2. The number of nitrogens with zero attached hydrogens (tertiary/aromatic N) is 2. The number of hydrogen-bond donors (Lipinski definition) is 1. The van der Waals surface area contributed by atoms with E-state index in [0.717, 1.165) is 16.7 Å². The zero-order chi connectivity index (χ0) is 28.7. The summed E-state index contributed by atoms with van der Waals surface area (Å²) in [6, 6.07) is 9.96. The summed E-state index contributed by atoms with van der Waals surface area (Å²) < 4.78 is 50.8. The number of aromatic nitrogens is 1. The van der Waals surface area contributed by atoms with Crippen LogP contribution in [-0.2, 0) is 16.0 Å². The highest BCUT2D eigenvalue weighted by Gasteiger charge is 2.25.